The molecule has 3 N–H and O–H groups in total. The predicted molar refractivity (Wildman–Crippen MR) is 94.0 cm³/mol. The van der Waals surface area contributed by atoms with Gasteiger partial charge in [-0.1, -0.05) is 0 Å². The largest absolute Gasteiger partial charge is 0.495 e. The summed E-state index contributed by atoms with van der Waals surface area (Å²) in [5, 5.41) is 23.2. The summed E-state index contributed by atoms with van der Waals surface area (Å²) in [6, 6.07) is 6.13. The molecule has 1 aromatic heterocycles. The first-order chi connectivity index (χ1) is 12.8. The molecule has 0 spiro atoms. The number of hydrogen-bond donors (Lipinski definition) is 3. The average Bonchev–Trinajstić information content (AvgIpc) is 2.60. The van der Waals surface area contributed by atoms with E-state index in [0.717, 1.165) is 0 Å². The van der Waals surface area contributed by atoms with Crippen molar-refractivity contribution in [2.24, 2.45) is 0 Å². The zero-order valence-corrected chi connectivity index (χ0v) is 14.9. The number of nitrogens with one attached hydrogen (secondary N) is 1. The molecule has 2 aromatic rings. The molecule has 27 heavy (non-hydrogen) atoms. The summed E-state index contributed by atoms with van der Waals surface area (Å²) in [5.41, 5.74) is -0.448. The first kappa shape index (κ1) is 18.7. The van der Waals surface area contributed by atoms with Gasteiger partial charge in [-0.15, -0.1) is 0 Å². The van der Waals surface area contributed by atoms with Crippen molar-refractivity contribution in [2.45, 2.75) is 32.3 Å². The number of fused-ring (bicyclic) bond motifs is 1. The maximum absolute atomic E-state index is 11.9. The number of aliphatic hydroxyl groups excluding tert-OH is 2. The van der Waals surface area contributed by atoms with Crippen molar-refractivity contribution in [3.05, 3.63) is 46.2 Å². The van der Waals surface area contributed by atoms with Crippen LogP contribution in [0.4, 0.5) is 5.69 Å². The van der Waals surface area contributed by atoms with Crippen LogP contribution in [0.1, 0.15) is 13.8 Å². The molecule has 3 atom stereocenters. The van der Waals surface area contributed by atoms with Crippen molar-refractivity contribution in [3.8, 4) is 5.75 Å². The highest BCUT2D eigenvalue weighted by molar-refractivity contribution is 5.91. The minimum Gasteiger partial charge on any atom is -0.495 e. The summed E-state index contributed by atoms with van der Waals surface area (Å²) in [6.45, 7) is 2.86. The van der Waals surface area contributed by atoms with Crippen molar-refractivity contribution in [2.75, 3.05) is 12.4 Å². The number of aliphatic hydroxyl groups is 2. The van der Waals surface area contributed by atoms with E-state index in [9.17, 15) is 19.8 Å². The lowest BCUT2D eigenvalue weighted by Gasteiger charge is -2.33. The van der Waals surface area contributed by atoms with Crippen molar-refractivity contribution in [1.29, 1.82) is 0 Å². The molecule has 0 radical (unpaired) electrons. The number of ether oxygens (including phenoxy) is 3. The van der Waals surface area contributed by atoms with Gasteiger partial charge in [0.15, 0.2) is 11.9 Å². The van der Waals surface area contributed by atoms with Gasteiger partial charge in [-0.05, 0) is 25.1 Å². The van der Waals surface area contributed by atoms with Crippen molar-refractivity contribution >= 4 is 22.6 Å². The number of anilines is 1. The highest BCUT2D eigenvalue weighted by Gasteiger charge is 2.39. The van der Waals surface area contributed by atoms with Gasteiger partial charge in [0.05, 0.1) is 7.11 Å². The maximum atomic E-state index is 11.9. The normalized spacial score (nSPS) is 22.3. The van der Waals surface area contributed by atoms with Gasteiger partial charge in [0, 0.05) is 18.4 Å². The summed E-state index contributed by atoms with van der Waals surface area (Å²) in [6.07, 6.45) is -3.86. The Labute approximate surface area is 153 Å². The number of amides is 1. The SMILES string of the molecule is COC1=C(C)OC(Oc2ccc3cc(NC(C)=O)c(=O)oc3c2)C(O)C1O. The number of carbonyl (C=O) groups excluding carboxylic acids is 1. The van der Waals surface area contributed by atoms with Crippen LogP contribution in [0.5, 0.6) is 5.75 Å². The monoisotopic (exact) mass is 377 g/mol. The lowest BCUT2D eigenvalue weighted by Crippen LogP contribution is -2.47. The van der Waals surface area contributed by atoms with Gasteiger partial charge in [0.1, 0.15) is 28.9 Å². The minimum atomic E-state index is -1.38. The Balaban J connectivity index is 1.87. The van der Waals surface area contributed by atoms with Crippen LogP contribution >= 0.6 is 0 Å². The van der Waals surface area contributed by atoms with Crippen LogP contribution in [-0.2, 0) is 14.3 Å². The quantitative estimate of drug-likeness (QED) is 0.676. The Bertz CT molecular complexity index is 963. The van der Waals surface area contributed by atoms with Gasteiger partial charge in [-0.2, -0.15) is 0 Å². The second kappa shape index (κ2) is 7.29. The molecule has 0 bridgehead atoms. The molecular formula is C18H19NO8. The topological polar surface area (TPSA) is 127 Å². The molecule has 9 nitrogen and oxygen atoms in total. The van der Waals surface area contributed by atoms with Crippen LogP contribution in [0.2, 0.25) is 0 Å². The number of rotatable bonds is 4. The van der Waals surface area contributed by atoms with Gasteiger partial charge in [0.25, 0.3) is 6.29 Å². The third kappa shape index (κ3) is 3.74. The van der Waals surface area contributed by atoms with Crippen LogP contribution in [0.15, 0.2) is 45.0 Å². The second-order valence-electron chi connectivity index (χ2n) is 5.99. The fourth-order valence-corrected chi connectivity index (χ4v) is 2.75. The van der Waals surface area contributed by atoms with Gasteiger partial charge >= 0.3 is 5.63 Å². The Hall–Kier alpha value is -3.04. The van der Waals surface area contributed by atoms with E-state index in [-0.39, 0.29) is 34.4 Å². The highest BCUT2D eigenvalue weighted by Crippen LogP contribution is 2.29. The molecule has 1 amide bonds. The van der Waals surface area contributed by atoms with Crippen molar-refractivity contribution < 1.29 is 33.6 Å². The fraction of sp³-hybridized carbons (Fsp3) is 0.333. The lowest BCUT2D eigenvalue weighted by molar-refractivity contribution is -0.175. The molecule has 2 heterocycles. The molecule has 9 heteroatoms. The fourth-order valence-electron chi connectivity index (χ4n) is 2.75. The van der Waals surface area contributed by atoms with Crippen molar-refractivity contribution in [3.63, 3.8) is 0 Å². The molecule has 3 rings (SSSR count). The Kier molecular flexibility index (Phi) is 5.06. The van der Waals surface area contributed by atoms with Crippen LogP contribution < -0.4 is 15.7 Å². The lowest BCUT2D eigenvalue weighted by atomic mass is 10.1. The summed E-state index contributed by atoms with van der Waals surface area (Å²) in [4.78, 5) is 23.1. The molecule has 0 fully saturated rings. The number of carbonyl (C=O) groups is 1. The van der Waals surface area contributed by atoms with E-state index < -0.39 is 24.1 Å². The van der Waals surface area contributed by atoms with Gasteiger partial charge in [-0.25, -0.2) is 4.79 Å². The standard InChI is InChI=1S/C18H19NO8/c1-8-16(24-3)14(21)15(22)18(25-8)26-11-5-4-10-6-12(19-9(2)20)17(23)27-13(10)7-11/h4-7,14-15,18,21-22H,1-3H3,(H,19,20). The molecule has 1 aromatic carbocycles. The highest BCUT2D eigenvalue weighted by atomic mass is 16.7. The average molecular weight is 377 g/mol. The number of allylic oxidation sites excluding steroid dienone is 1. The van der Waals surface area contributed by atoms with E-state index >= 15 is 0 Å². The second-order valence-corrected chi connectivity index (χ2v) is 5.99. The van der Waals surface area contributed by atoms with E-state index in [1.807, 2.05) is 0 Å². The third-order valence-corrected chi connectivity index (χ3v) is 4.00. The minimum absolute atomic E-state index is 0.0330. The van der Waals surface area contributed by atoms with E-state index in [1.165, 1.54) is 26.2 Å². The van der Waals surface area contributed by atoms with Gasteiger partial charge in [0.2, 0.25) is 5.91 Å². The molecule has 1 aliphatic rings. The Morgan fingerprint density at radius 1 is 1.26 bits per heavy atom. The Morgan fingerprint density at radius 3 is 2.67 bits per heavy atom. The summed E-state index contributed by atoms with van der Waals surface area (Å²) in [5.74, 6) is 0.273. The molecule has 0 saturated carbocycles. The van der Waals surface area contributed by atoms with Crippen LogP contribution in [0, 0.1) is 0 Å². The molecule has 0 saturated heterocycles. The van der Waals surface area contributed by atoms with Crippen LogP contribution in [-0.4, -0.2) is 41.7 Å². The van der Waals surface area contributed by atoms with Gasteiger partial charge in [-0.3, -0.25) is 4.79 Å². The van der Waals surface area contributed by atoms with Gasteiger partial charge < -0.3 is 34.2 Å². The van der Waals surface area contributed by atoms with Crippen LogP contribution in [0.3, 0.4) is 0 Å². The molecular weight excluding hydrogens is 358 g/mol. The number of benzene rings is 1. The molecule has 1 aliphatic heterocycles. The zero-order chi connectivity index (χ0) is 19.7. The predicted octanol–water partition coefficient (Wildman–Crippen LogP) is 1.09. The van der Waals surface area contributed by atoms with E-state index in [4.69, 9.17) is 18.6 Å². The smallest absolute Gasteiger partial charge is 0.360 e. The van der Waals surface area contributed by atoms with E-state index in [1.54, 1.807) is 19.1 Å². The van der Waals surface area contributed by atoms with Crippen molar-refractivity contribution in [1.82, 2.24) is 0 Å². The molecule has 144 valence electrons. The number of methoxy groups -OCH3 is 1. The molecule has 0 aliphatic carbocycles. The maximum Gasteiger partial charge on any atom is 0.360 e. The summed E-state index contributed by atoms with van der Waals surface area (Å²) < 4.78 is 21.2. The first-order valence-electron chi connectivity index (χ1n) is 8.10. The number of hydrogen-bond acceptors (Lipinski definition) is 8. The Morgan fingerprint density at radius 2 is 2.00 bits per heavy atom. The third-order valence-electron chi connectivity index (χ3n) is 4.00. The van der Waals surface area contributed by atoms with E-state index in [2.05, 4.69) is 5.32 Å². The van der Waals surface area contributed by atoms with E-state index in [0.29, 0.717) is 5.39 Å². The summed E-state index contributed by atoms with van der Waals surface area (Å²) >= 11 is 0. The molecule has 3 unspecified atom stereocenters. The zero-order valence-electron chi connectivity index (χ0n) is 14.9. The summed E-state index contributed by atoms with van der Waals surface area (Å²) in [7, 11) is 1.36. The van der Waals surface area contributed by atoms with Crippen LogP contribution in [0.25, 0.3) is 11.0 Å². The first-order valence-corrected chi connectivity index (χ1v) is 8.10.